The van der Waals surface area contributed by atoms with E-state index in [9.17, 15) is 52.7 Å². The van der Waals surface area contributed by atoms with Crippen molar-refractivity contribution < 1.29 is 52.7 Å². The molecule has 11 amide bonds. The number of nitrogens with two attached hydrogens (primary N) is 1. The molecule has 1 atom stereocenters. The van der Waals surface area contributed by atoms with Crippen molar-refractivity contribution in [2.45, 2.75) is 38.6 Å². The molecule has 13 N–H and O–H groups in total. The second kappa shape index (κ2) is 28.9. The molecular weight excluding hydrogens is 1200 g/mol. The third-order valence-electron chi connectivity index (χ3n) is 13.9. The second-order valence-corrected chi connectivity index (χ2v) is 21.3. The van der Waals surface area contributed by atoms with Crippen molar-refractivity contribution in [1.82, 2.24) is 77.7 Å². The Labute approximate surface area is 524 Å². The van der Waals surface area contributed by atoms with E-state index in [1.165, 1.54) is 95.9 Å². The maximum atomic E-state index is 13.4. The lowest BCUT2D eigenvalue weighted by molar-refractivity contribution is -0.118. The largest absolute Gasteiger partial charge is 0.351 e. The SMILES string of the molecule is CCCNC(=O)c1cc(NC(=O)c2nc(NC(=O)CCNC(=O)c3cc(NC(=O)c4nc(NC(=O)[C@H](N)CCNC(=O)c5cc(NC(=O)c6nc(NC(=O)CCNC(=O)c7cc(NC(=O)c8nccn8C)cn7C)cn6C)cn5C)cn4C)cn3C)cn2C)cn1C. The molecule has 0 aromatic carbocycles. The molecule has 0 radical (unpaired) electrons. The summed E-state index contributed by atoms with van der Waals surface area (Å²) in [6, 6.07) is 4.76. The summed E-state index contributed by atoms with van der Waals surface area (Å²) < 4.78 is 11.8. The third-order valence-corrected chi connectivity index (χ3v) is 13.9. The fraction of sp³-hybridized carbons (Fsp3) is 0.316. The van der Waals surface area contributed by atoms with Crippen molar-refractivity contribution in [1.29, 1.82) is 0 Å². The molecule has 0 saturated carbocycles. The molecule has 8 heterocycles. The van der Waals surface area contributed by atoms with Gasteiger partial charge in [-0.15, -0.1) is 0 Å². The number of aryl methyl sites for hydroxylation is 8. The molecule has 484 valence electrons. The van der Waals surface area contributed by atoms with Crippen LogP contribution in [-0.4, -0.2) is 154 Å². The van der Waals surface area contributed by atoms with Gasteiger partial charge in [0.05, 0.1) is 28.8 Å². The molecule has 0 aliphatic carbocycles. The van der Waals surface area contributed by atoms with Crippen LogP contribution in [0.2, 0.25) is 0 Å². The van der Waals surface area contributed by atoms with Crippen molar-refractivity contribution in [3.8, 4) is 0 Å². The number of hydrogen-bond donors (Lipinski definition) is 12. The number of imidazole rings is 4. The van der Waals surface area contributed by atoms with E-state index in [0.29, 0.717) is 23.6 Å². The molecule has 0 saturated heterocycles. The van der Waals surface area contributed by atoms with Gasteiger partial charge in [-0.2, -0.15) is 0 Å². The van der Waals surface area contributed by atoms with Crippen molar-refractivity contribution in [2.75, 3.05) is 63.4 Å². The van der Waals surface area contributed by atoms with Crippen LogP contribution in [0.1, 0.15) is 117 Å². The summed E-state index contributed by atoms with van der Waals surface area (Å²) in [5, 5.41) is 29.4. The zero-order valence-corrected chi connectivity index (χ0v) is 51.7. The zero-order chi connectivity index (χ0) is 66.7. The highest BCUT2D eigenvalue weighted by Gasteiger charge is 2.25. The van der Waals surface area contributed by atoms with Crippen LogP contribution in [0.4, 0.5) is 40.2 Å². The number of aromatic nitrogens is 12. The second-order valence-electron chi connectivity index (χ2n) is 21.3. The van der Waals surface area contributed by atoms with Crippen LogP contribution >= 0.6 is 0 Å². The van der Waals surface area contributed by atoms with Gasteiger partial charge in [0.1, 0.15) is 22.8 Å². The van der Waals surface area contributed by atoms with Crippen LogP contribution in [0, 0.1) is 0 Å². The lowest BCUT2D eigenvalue weighted by atomic mass is 10.2. The maximum absolute atomic E-state index is 13.4. The van der Waals surface area contributed by atoms with E-state index >= 15 is 0 Å². The summed E-state index contributed by atoms with van der Waals surface area (Å²) in [4.78, 5) is 159. The molecule has 35 heteroatoms. The molecule has 0 unspecified atom stereocenters. The molecule has 8 rings (SSSR count). The monoisotopic (exact) mass is 1270 g/mol. The van der Waals surface area contributed by atoms with Crippen molar-refractivity contribution in [3.63, 3.8) is 0 Å². The molecule has 0 bridgehead atoms. The van der Waals surface area contributed by atoms with E-state index < -0.39 is 65.1 Å². The smallest absolute Gasteiger partial charge is 0.291 e. The molecular formula is C57H70N24O11. The molecule has 0 fully saturated rings. The van der Waals surface area contributed by atoms with Crippen molar-refractivity contribution >= 4 is 105 Å². The Morgan fingerprint density at radius 2 is 0.717 bits per heavy atom. The van der Waals surface area contributed by atoms with E-state index in [1.807, 2.05) is 6.92 Å². The molecule has 0 spiro atoms. The van der Waals surface area contributed by atoms with Crippen molar-refractivity contribution in [3.05, 3.63) is 126 Å². The first-order valence-corrected chi connectivity index (χ1v) is 28.5. The molecule has 8 aromatic rings. The van der Waals surface area contributed by atoms with E-state index in [1.54, 1.807) is 77.1 Å². The Kier molecular flexibility index (Phi) is 20.8. The molecule has 8 aromatic heterocycles. The first-order chi connectivity index (χ1) is 43.7. The Balaban J connectivity index is 0.722. The Bertz CT molecular complexity index is 4160. The third kappa shape index (κ3) is 16.4. The van der Waals surface area contributed by atoms with Gasteiger partial charge >= 0.3 is 0 Å². The van der Waals surface area contributed by atoms with Gasteiger partial charge in [-0.25, -0.2) is 19.9 Å². The number of hydrogen-bond acceptors (Lipinski definition) is 16. The quantitative estimate of drug-likeness (QED) is 0.0338. The minimum atomic E-state index is -1.12. The van der Waals surface area contributed by atoms with Crippen LogP contribution in [-0.2, 0) is 70.8 Å². The fourth-order valence-corrected chi connectivity index (χ4v) is 9.26. The van der Waals surface area contributed by atoms with Gasteiger partial charge in [-0.05, 0) is 37.1 Å². The van der Waals surface area contributed by atoms with E-state index in [-0.39, 0.29) is 114 Å². The molecule has 0 aliphatic heterocycles. The zero-order valence-electron chi connectivity index (χ0n) is 51.7. The van der Waals surface area contributed by atoms with Crippen LogP contribution in [0.5, 0.6) is 0 Å². The number of amides is 11. The normalized spacial score (nSPS) is 11.3. The van der Waals surface area contributed by atoms with E-state index in [0.717, 1.165) is 6.42 Å². The van der Waals surface area contributed by atoms with E-state index in [2.05, 4.69) is 78.4 Å². The fourth-order valence-electron chi connectivity index (χ4n) is 9.26. The summed E-state index contributed by atoms with van der Waals surface area (Å²) in [6.45, 7) is 2.30. The summed E-state index contributed by atoms with van der Waals surface area (Å²) in [7, 11) is 12.8. The van der Waals surface area contributed by atoms with Gasteiger partial charge in [0.2, 0.25) is 35.2 Å². The minimum Gasteiger partial charge on any atom is -0.351 e. The topological polar surface area (TPSA) is 437 Å². The lowest BCUT2D eigenvalue weighted by Gasteiger charge is -2.11. The summed E-state index contributed by atoms with van der Waals surface area (Å²) in [5.74, 6) is -5.65. The number of nitrogens with zero attached hydrogens (tertiary/aromatic N) is 12. The highest BCUT2D eigenvalue weighted by Crippen LogP contribution is 2.20. The minimum absolute atomic E-state index is 0.00535. The average molecular weight is 1270 g/mol. The van der Waals surface area contributed by atoms with Crippen LogP contribution in [0.3, 0.4) is 0 Å². The molecule has 35 nitrogen and oxygen atoms in total. The van der Waals surface area contributed by atoms with Crippen molar-refractivity contribution in [2.24, 2.45) is 62.1 Å². The molecule has 0 aliphatic rings. The maximum Gasteiger partial charge on any atom is 0.291 e. The highest BCUT2D eigenvalue weighted by atomic mass is 16.2. The van der Waals surface area contributed by atoms with Crippen LogP contribution in [0.15, 0.2) is 80.0 Å². The Hall–Kier alpha value is -11.9. The first kappa shape index (κ1) is 66.1. The highest BCUT2D eigenvalue weighted by molar-refractivity contribution is 6.07. The van der Waals surface area contributed by atoms with Gasteiger partial charge in [0.15, 0.2) is 23.3 Å². The summed E-state index contributed by atoms with van der Waals surface area (Å²) >= 11 is 0. The number of rotatable bonds is 27. The number of nitrogens with one attached hydrogen (secondary N) is 11. The van der Waals surface area contributed by atoms with Crippen LogP contribution < -0.4 is 64.2 Å². The lowest BCUT2D eigenvalue weighted by Crippen LogP contribution is -2.39. The predicted molar refractivity (Wildman–Crippen MR) is 334 cm³/mol. The average Bonchev–Trinajstić information content (AvgIpc) is 1.75. The first-order valence-electron chi connectivity index (χ1n) is 28.5. The van der Waals surface area contributed by atoms with Gasteiger partial charge in [0, 0.05) is 151 Å². The van der Waals surface area contributed by atoms with Gasteiger partial charge in [0.25, 0.3) is 47.3 Å². The molecule has 92 heavy (non-hydrogen) atoms. The number of carbonyl (C=O) groups excluding carboxylic acids is 11. The standard InChI is InChI=1S/C57H70N24O11/c1-10-14-60-50(85)36-21-32(25-75(36)3)65-55(90)46-70-40(28-79(46)7)68-44(83)13-17-63-53(88)39-23-34(27-78(39)6)67-57(92)48-72-42(30-81(48)9)73-49(84)35(58)11-15-61-51(86)37-22-33(26-77(37)5)66-56(91)47-71-41(29-80(47)8)69-43(82)12-16-62-52(87)38-20-31(24-76(38)4)64-54(89)45-59-18-19-74(45)2/h18-30,35H,10-17,58H2,1-9H3,(H,60,85)(H,61,86)(H,62,87)(H,63,88)(H,64,89)(H,65,90)(H,66,91)(H,67,92)(H,68,83)(H,69,82)(H,73,84)/t35-/m1/s1. The Morgan fingerprint density at radius 3 is 1.05 bits per heavy atom. The summed E-state index contributed by atoms with van der Waals surface area (Å²) in [6.07, 6.45) is 14.0. The van der Waals surface area contributed by atoms with Crippen LogP contribution in [0.25, 0.3) is 0 Å². The number of carbonyl (C=O) groups is 11. The summed E-state index contributed by atoms with van der Waals surface area (Å²) in [5.41, 5.74) is 8.32. The number of anilines is 7. The van der Waals surface area contributed by atoms with Gasteiger partial charge in [-0.3, -0.25) is 52.7 Å². The van der Waals surface area contributed by atoms with Gasteiger partial charge in [-0.1, -0.05) is 6.92 Å². The Morgan fingerprint density at radius 1 is 0.391 bits per heavy atom. The predicted octanol–water partition coefficient (Wildman–Crippen LogP) is 0.727. The van der Waals surface area contributed by atoms with E-state index in [4.69, 9.17) is 5.73 Å². The van der Waals surface area contributed by atoms with Gasteiger partial charge < -0.3 is 101 Å².